The van der Waals surface area contributed by atoms with Gasteiger partial charge in [-0.2, -0.15) is 0 Å². The van der Waals surface area contributed by atoms with Crippen LogP contribution in [-0.4, -0.2) is 59.1 Å². The summed E-state index contributed by atoms with van der Waals surface area (Å²) in [7, 11) is 1.67. The Labute approximate surface area is 115 Å². The van der Waals surface area contributed by atoms with Crippen molar-refractivity contribution in [2.24, 2.45) is 5.41 Å². The van der Waals surface area contributed by atoms with Crippen LogP contribution in [0.25, 0.3) is 0 Å². The van der Waals surface area contributed by atoms with Crippen molar-refractivity contribution in [3.8, 4) is 0 Å². The molecule has 0 amide bonds. The molecule has 0 aromatic heterocycles. The molecule has 5 heteroatoms. The largest absolute Gasteiger partial charge is 0.382 e. The Balaban J connectivity index is 1.76. The second-order valence-corrected chi connectivity index (χ2v) is 5.21. The summed E-state index contributed by atoms with van der Waals surface area (Å²) >= 11 is 5.78. The average molecular weight is 280 g/mol. The van der Waals surface area contributed by atoms with Gasteiger partial charge in [-0.3, -0.25) is 0 Å². The quantitative estimate of drug-likeness (QED) is 0.411. The summed E-state index contributed by atoms with van der Waals surface area (Å²) in [5.74, 6) is 0.775. The molecule has 18 heavy (non-hydrogen) atoms. The van der Waals surface area contributed by atoms with E-state index >= 15 is 0 Å². The zero-order valence-corrected chi connectivity index (χ0v) is 12.1. The SMILES string of the molecule is COCCOCCOCCNCC1(CCCl)CC1. The van der Waals surface area contributed by atoms with Gasteiger partial charge in [-0.15, -0.1) is 11.6 Å². The van der Waals surface area contributed by atoms with Crippen LogP contribution in [0.1, 0.15) is 19.3 Å². The maximum atomic E-state index is 5.78. The molecule has 1 fully saturated rings. The van der Waals surface area contributed by atoms with Crippen LogP contribution in [0, 0.1) is 5.41 Å². The Morgan fingerprint density at radius 3 is 2.33 bits per heavy atom. The first-order valence-electron chi connectivity index (χ1n) is 6.74. The molecular formula is C13H26ClNO3. The minimum absolute atomic E-state index is 0.505. The summed E-state index contributed by atoms with van der Waals surface area (Å²) in [5, 5.41) is 3.44. The van der Waals surface area contributed by atoms with Gasteiger partial charge in [0.1, 0.15) is 0 Å². The van der Waals surface area contributed by atoms with Gasteiger partial charge in [0.2, 0.25) is 0 Å². The molecule has 0 unspecified atom stereocenters. The number of hydrogen-bond donors (Lipinski definition) is 1. The minimum atomic E-state index is 0.505. The molecule has 1 N–H and O–H groups in total. The van der Waals surface area contributed by atoms with Crippen molar-refractivity contribution in [2.45, 2.75) is 19.3 Å². The van der Waals surface area contributed by atoms with E-state index in [4.69, 9.17) is 25.8 Å². The number of hydrogen-bond acceptors (Lipinski definition) is 4. The van der Waals surface area contributed by atoms with Crippen LogP contribution in [0.2, 0.25) is 0 Å². The lowest BCUT2D eigenvalue weighted by Crippen LogP contribution is -2.28. The van der Waals surface area contributed by atoms with Crippen molar-refractivity contribution >= 4 is 11.6 Å². The van der Waals surface area contributed by atoms with Gasteiger partial charge in [0, 0.05) is 26.1 Å². The Morgan fingerprint density at radius 1 is 1.06 bits per heavy atom. The summed E-state index contributed by atoms with van der Waals surface area (Å²) in [6, 6.07) is 0. The summed E-state index contributed by atoms with van der Waals surface area (Å²) in [4.78, 5) is 0. The Hall–Kier alpha value is 0.130. The number of halogens is 1. The molecule has 0 aromatic carbocycles. The smallest absolute Gasteiger partial charge is 0.0701 e. The van der Waals surface area contributed by atoms with E-state index in [1.54, 1.807) is 7.11 Å². The second-order valence-electron chi connectivity index (χ2n) is 4.83. The molecular weight excluding hydrogens is 254 g/mol. The van der Waals surface area contributed by atoms with E-state index in [-0.39, 0.29) is 0 Å². The van der Waals surface area contributed by atoms with Crippen LogP contribution in [-0.2, 0) is 14.2 Å². The predicted molar refractivity (Wildman–Crippen MR) is 73.4 cm³/mol. The van der Waals surface area contributed by atoms with Crippen LogP contribution in [0.5, 0.6) is 0 Å². The van der Waals surface area contributed by atoms with E-state index in [0.717, 1.165) is 32.0 Å². The van der Waals surface area contributed by atoms with Crippen molar-refractivity contribution in [1.82, 2.24) is 5.32 Å². The highest BCUT2D eigenvalue weighted by Crippen LogP contribution is 2.48. The maximum Gasteiger partial charge on any atom is 0.0701 e. The highest BCUT2D eigenvalue weighted by Gasteiger charge is 2.40. The lowest BCUT2D eigenvalue weighted by Gasteiger charge is -2.14. The Morgan fingerprint density at radius 2 is 1.72 bits per heavy atom. The lowest BCUT2D eigenvalue weighted by molar-refractivity contribution is 0.0254. The Bertz CT molecular complexity index is 201. The van der Waals surface area contributed by atoms with Gasteiger partial charge >= 0.3 is 0 Å². The maximum absolute atomic E-state index is 5.78. The fourth-order valence-electron chi connectivity index (χ4n) is 1.85. The molecule has 0 atom stereocenters. The number of rotatable bonds is 13. The molecule has 0 spiro atoms. The van der Waals surface area contributed by atoms with E-state index < -0.39 is 0 Å². The normalized spacial score (nSPS) is 17.0. The predicted octanol–water partition coefficient (Wildman–Crippen LogP) is 1.66. The first kappa shape index (κ1) is 16.2. The molecule has 1 saturated carbocycles. The third kappa shape index (κ3) is 7.54. The monoisotopic (exact) mass is 279 g/mol. The van der Waals surface area contributed by atoms with Crippen molar-refractivity contribution in [2.75, 3.05) is 59.1 Å². The first-order valence-corrected chi connectivity index (χ1v) is 7.27. The summed E-state index contributed by atoms with van der Waals surface area (Å²) in [6.45, 7) is 5.29. The van der Waals surface area contributed by atoms with Crippen molar-refractivity contribution < 1.29 is 14.2 Å². The van der Waals surface area contributed by atoms with Crippen molar-refractivity contribution in [3.05, 3.63) is 0 Å². The van der Waals surface area contributed by atoms with Crippen molar-refractivity contribution in [1.29, 1.82) is 0 Å². The number of nitrogens with one attached hydrogen (secondary N) is 1. The third-order valence-corrected chi connectivity index (χ3v) is 3.50. The zero-order valence-electron chi connectivity index (χ0n) is 11.4. The number of alkyl halides is 1. The topological polar surface area (TPSA) is 39.7 Å². The molecule has 1 aliphatic carbocycles. The van der Waals surface area contributed by atoms with Gasteiger partial charge < -0.3 is 19.5 Å². The zero-order chi connectivity index (χ0) is 13.1. The highest BCUT2D eigenvalue weighted by molar-refractivity contribution is 6.17. The van der Waals surface area contributed by atoms with Crippen LogP contribution < -0.4 is 5.32 Å². The highest BCUT2D eigenvalue weighted by atomic mass is 35.5. The minimum Gasteiger partial charge on any atom is -0.382 e. The molecule has 4 nitrogen and oxygen atoms in total. The molecule has 0 aliphatic heterocycles. The molecule has 0 heterocycles. The van der Waals surface area contributed by atoms with Gasteiger partial charge in [0.25, 0.3) is 0 Å². The van der Waals surface area contributed by atoms with E-state index in [1.165, 1.54) is 12.8 Å². The number of methoxy groups -OCH3 is 1. The van der Waals surface area contributed by atoms with Gasteiger partial charge in [0.05, 0.1) is 33.0 Å². The molecule has 0 bridgehead atoms. The summed E-state index contributed by atoms with van der Waals surface area (Å²) in [5.41, 5.74) is 0.505. The van der Waals surface area contributed by atoms with Crippen LogP contribution in [0.3, 0.4) is 0 Å². The molecule has 0 radical (unpaired) electrons. The molecule has 108 valence electrons. The molecule has 0 saturated heterocycles. The molecule has 0 aromatic rings. The second kappa shape index (κ2) is 9.98. The third-order valence-electron chi connectivity index (χ3n) is 3.31. The van der Waals surface area contributed by atoms with E-state index in [2.05, 4.69) is 5.32 Å². The van der Waals surface area contributed by atoms with Crippen LogP contribution in [0.4, 0.5) is 0 Å². The summed E-state index contributed by atoms with van der Waals surface area (Å²) < 4.78 is 15.6. The van der Waals surface area contributed by atoms with E-state index in [0.29, 0.717) is 31.8 Å². The van der Waals surface area contributed by atoms with Crippen LogP contribution in [0.15, 0.2) is 0 Å². The number of ether oxygens (including phenoxy) is 3. The van der Waals surface area contributed by atoms with Gasteiger partial charge in [-0.1, -0.05) is 0 Å². The fraction of sp³-hybridized carbons (Fsp3) is 1.00. The van der Waals surface area contributed by atoms with Crippen LogP contribution >= 0.6 is 11.6 Å². The van der Waals surface area contributed by atoms with Gasteiger partial charge in [0.15, 0.2) is 0 Å². The molecule has 1 rings (SSSR count). The fourth-order valence-corrected chi connectivity index (χ4v) is 2.26. The first-order chi connectivity index (χ1) is 8.83. The van der Waals surface area contributed by atoms with Crippen molar-refractivity contribution in [3.63, 3.8) is 0 Å². The summed E-state index contributed by atoms with van der Waals surface area (Å²) in [6.07, 6.45) is 3.78. The van der Waals surface area contributed by atoms with Gasteiger partial charge in [-0.05, 0) is 24.7 Å². The standard InChI is InChI=1S/C13H26ClNO3/c1-16-8-9-18-11-10-17-7-6-15-12-13(2-3-13)4-5-14/h15H,2-12H2,1H3. The average Bonchev–Trinajstić information content (AvgIpc) is 3.12. The lowest BCUT2D eigenvalue weighted by atomic mass is 10.0. The van der Waals surface area contributed by atoms with E-state index in [9.17, 15) is 0 Å². The van der Waals surface area contributed by atoms with E-state index in [1.807, 2.05) is 0 Å². The Kier molecular flexibility index (Phi) is 8.98. The molecule has 1 aliphatic rings. The van der Waals surface area contributed by atoms with Gasteiger partial charge in [-0.25, -0.2) is 0 Å².